The molecule has 6 bridgehead atoms. The number of carbonyl (C=O) groups is 5. The molecule has 0 spiro atoms. The highest BCUT2D eigenvalue weighted by molar-refractivity contribution is 5.73. The van der Waals surface area contributed by atoms with Gasteiger partial charge in [0.2, 0.25) is 0 Å². The lowest BCUT2D eigenvalue weighted by Crippen LogP contribution is -2.57. The van der Waals surface area contributed by atoms with Crippen molar-refractivity contribution in [2.24, 2.45) is 23.5 Å². The molecule has 546 valence electrons. The second-order valence-corrected chi connectivity index (χ2v) is 29.4. The van der Waals surface area contributed by atoms with Gasteiger partial charge in [-0.05, 0) is 195 Å². The smallest absolute Gasteiger partial charge is 0.445 e. The first-order chi connectivity index (χ1) is 49.2. The first-order valence-electron chi connectivity index (χ1n) is 37.4. The predicted molar refractivity (Wildman–Crippen MR) is 394 cm³/mol. The van der Waals surface area contributed by atoms with Crippen molar-refractivity contribution in [1.82, 2.24) is 20.4 Å². The number of nitrogens with zero attached hydrogens (tertiary/aromatic N) is 3. The number of non-ortho nitro benzene ring substituents is 1. The molecule has 19 nitrogen and oxygen atoms in total. The van der Waals surface area contributed by atoms with Gasteiger partial charge in [0.15, 0.2) is 0 Å². The summed E-state index contributed by atoms with van der Waals surface area (Å²) in [7, 11) is 0. The van der Waals surface area contributed by atoms with Gasteiger partial charge in [-0.2, -0.15) is 0 Å². The molecule has 12 rings (SSSR count). The number of nitrogens with one attached hydrogen (secondary N) is 2. The number of hydrogen-bond donors (Lipinski definition) is 3. The third kappa shape index (κ3) is 18.6. The molecule has 4 amide bonds. The summed E-state index contributed by atoms with van der Waals surface area (Å²) in [5.41, 5.74) is 15.3. The molecule has 0 unspecified atom stereocenters. The fraction of sp³-hybridized carbons (Fsp3) is 0.506. The summed E-state index contributed by atoms with van der Waals surface area (Å²) in [5.74, 6) is 2.88. The zero-order valence-corrected chi connectivity index (χ0v) is 60.9. The topological polar surface area (TPSA) is 240 Å². The van der Waals surface area contributed by atoms with E-state index in [0.29, 0.717) is 48.7 Å². The standard InChI is InChI=1S/C31H32N2O7.C30H40N2O4.C22H34N2O2/c1-31-17-7-3-6-10-23(28(31)32-29(34)38-20-21-8-4-2-5-9-21)18-22-11-14-26(19-27(22)31)40-30(35)39-25-15-12-24(13-16-25)33(36)37;1-4-18-32(5-2)29(34)36-25-16-15-23-19-24-14-10-7-11-17-30(3,26(23)20-25)27(24)31-28(33)35-21-22-12-8-6-9-13-22;1-4-13-24(5-2)21(25)26-18-11-10-16-14-17-9-7-6-8-12-22(3,20(17)23)19(16)15-18/h2,4-5,8-9,11-16,19,23,28H,3,6-7,10,17-18,20H2,1H3,(H,32,34);6,8-9,12-13,15-16,20,24,27H,4-5,7,10-11,14,17-19,21H2,1-3H3,(H,31,33);10-11,15,17,20H,4-9,12-14,23H2,1-3H3/t23-,28-,31+;24-,27-,30+;17-,20-,22+/m000/s1. The maximum Gasteiger partial charge on any atom is 0.519 e. The quantitative estimate of drug-likeness (QED) is 0.0333. The van der Waals surface area contributed by atoms with E-state index in [1.165, 1.54) is 90.6 Å². The van der Waals surface area contributed by atoms with E-state index in [1.54, 1.807) is 15.9 Å². The predicted octanol–water partition coefficient (Wildman–Crippen LogP) is 18.1. The van der Waals surface area contributed by atoms with E-state index in [-0.39, 0.29) is 83.2 Å². The maximum absolute atomic E-state index is 13.0. The molecule has 6 aliphatic carbocycles. The fourth-order valence-electron chi connectivity index (χ4n) is 17.0. The van der Waals surface area contributed by atoms with Gasteiger partial charge < -0.3 is 54.6 Å². The Morgan fingerprint density at radius 3 is 1.26 bits per heavy atom. The van der Waals surface area contributed by atoms with Gasteiger partial charge >= 0.3 is 30.5 Å². The summed E-state index contributed by atoms with van der Waals surface area (Å²) < 4.78 is 33.4. The zero-order chi connectivity index (χ0) is 72.4. The van der Waals surface area contributed by atoms with Crippen LogP contribution in [0.15, 0.2) is 140 Å². The Hall–Kier alpha value is -8.97. The monoisotopic (exact) mass is 1390 g/mol. The van der Waals surface area contributed by atoms with E-state index in [9.17, 15) is 34.1 Å². The highest BCUT2D eigenvalue weighted by Crippen LogP contribution is 2.51. The summed E-state index contributed by atoms with van der Waals surface area (Å²) in [6.07, 6.45) is 19.1. The Labute approximate surface area is 602 Å². The Bertz CT molecular complexity index is 3820. The third-order valence-electron chi connectivity index (χ3n) is 22.5. The highest BCUT2D eigenvalue weighted by atomic mass is 16.7. The van der Waals surface area contributed by atoms with E-state index in [0.717, 1.165) is 113 Å². The Kier molecular flexibility index (Phi) is 26.2. The van der Waals surface area contributed by atoms with Gasteiger partial charge in [0.05, 0.1) is 4.92 Å². The molecule has 6 aliphatic rings. The van der Waals surface area contributed by atoms with E-state index in [1.807, 2.05) is 105 Å². The summed E-state index contributed by atoms with van der Waals surface area (Å²) in [6.45, 7) is 18.0. The maximum atomic E-state index is 13.0. The average molecular weight is 1400 g/mol. The molecule has 9 atom stereocenters. The number of nitro groups is 1. The van der Waals surface area contributed by atoms with Crippen molar-refractivity contribution in [2.45, 2.75) is 224 Å². The molecule has 102 heavy (non-hydrogen) atoms. The van der Waals surface area contributed by atoms with Crippen molar-refractivity contribution >= 4 is 36.2 Å². The van der Waals surface area contributed by atoms with Crippen molar-refractivity contribution in [1.29, 1.82) is 0 Å². The third-order valence-corrected chi connectivity index (χ3v) is 22.5. The van der Waals surface area contributed by atoms with Gasteiger partial charge in [0.25, 0.3) is 5.69 Å². The van der Waals surface area contributed by atoms with Crippen molar-refractivity contribution in [3.8, 4) is 23.0 Å². The minimum atomic E-state index is -0.940. The lowest BCUT2D eigenvalue weighted by atomic mass is 9.59. The SMILES string of the molecule is CCCN(CC)C(=O)Oc1ccc2c(c1)[C@@]1(C)CCCCC[C@@H](C2)[C@@H]1N.CCCN(CC)C(=O)Oc1ccc2c(c1)[C@@]1(C)CCCCC[C@@H](C2)[C@@H]1NC(=O)OCc1ccccc1.C[C@@]12CCCCC[C@@H](Cc3ccc(OC(=O)Oc4ccc([N+](=O)[O-])cc4)cc31)[C@@H]2NC(=O)OCc1ccccc1. The Morgan fingerprint density at radius 2 is 0.853 bits per heavy atom. The van der Waals surface area contributed by atoms with Crippen LogP contribution in [0.25, 0.3) is 0 Å². The lowest BCUT2D eigenvalue weighted by Gasteiger charge is -2.49. The molecule has 0 aromatic heterocycles. The molecule has 0 saturated heterocycles. The minimum Gasteiger partial charge on any atom is -0.445 e. The molecule has 4 N–H and O–H groups in total. The minimum absolute atomic E-state index is 0.0189. The second-order valence-electron chi connectivity index (χ2n) is 29.4. The number of alkyl carbamates (subject to hydrolysis) is 2. The van der Waals surface area contributed by atoms with Crippen LogP contribution in [-0.2, 0) is 58.2 Å². The van der Waals surface area contributed by atoms with Crippen LogP contribution in [0.4, 0.5) is 29.7 Å². The number of hydrogen-bond acceptors (Lipinski definition) is 14. The van der Waals surface area contributed by atoms with Gasteiger partial charge in [-0.3, -0.25) is 10.1 Å². The van der Waals surface area contributed by atoms with Gasteiger partial charge in [-0.25, -0.2) is 24.0 Å². The van der Waals surface area contributed by atoms with Crippen molar-refractivity contribution < 1.29 is 57.3 Å². The molecular weight excluding hydrogens is 1290 g/mol. The van der Waals surface area contributed by atoms with Crippen LogP contribution in [0.2, 0.25) is 0 Å². The largest absolute Gasteiger partial charge is 0.519 e. The van der Waals surface area contributed by atoms with Crippen LogP contribution in [0.1, 0.15) is 202 Å². The normalized spacial score (nSPS) is 23.7. The Morgan fingerprint density at radius 1 is 0.480 bits per heavy atom. The van der Waals surface area contributed by atoms with Crippen LogP contribution in [0, 0.1) is 27.9 Å². The number of carbonyl (C=O) groups excluding carboxylic acids is 5. The number of amides is 4. The number of nitrogens with two attached hydrogens (primary N) is 1. The van der Waals surface area contributed by atoms with Crippen molar-refractivity contribution in [3.63, 3.8) is 0 Å². The zero-order valence-electron chi connectivity index (χ0n) is 60.9. The van der Waals surface area contributed by atoms with Crippen molar-refractivity contribution in [2.75, 3.05) is 26.2 Å². The van der Waals surface area contributed by atoms with Gasteiger partial charge in [0.1, 0.15) is 36.2 Å². The molecule has 0 heterocycles. The average Bonchev–Trinajstić information content (AvgIpc) is 0.775. The summed E-state index contributed by atoms with van der Waals surface area (Å²) in [4.78, 5) is 77.4. The van der Waals surface area contributed by atoms with Crippen LogP contribution >= 0.6 is 0 Å². The van der Waals surface area contributed by atoms with E-state index < -0.39 is 17.2 Å². The number of nitro benzene ring substituents is 1. The molecular formula is C83H106N6O13. The number of fused-ring (bicyclic) bond motifs is 12. The molecule has 6 aromatic carbocycles. The first-order valence-corrected chi connectivity index (χ1v) is 37.4. The van der Waals surface area contributed by atoms with Gasteiger partial charge in [-0.1, -0.05) is 171 Å². The first kappa shape index (κ1) is 75.7. The molecule has 6 aromatic rings. The summed E-state index contributed by atoms with van der Waals surface area (Å²) in [5, 5.41) is 17.3. The second kappa shape index (κ2) is 35.3. The molecule has 0 aliphatic heterocycles. The lowest BCUT2D eigenvalue weighted by molar-refractivity contribution is -0.384. The number of benzene rings is 6. The number of ether oxygens (including phenoxy) is 6. The summed E-state index contributed by atoms with van der Waals surface area (Å²) in [6, 6.07) is 42.4. The van der Waals surface area contributed by atoms with E-state index >= 15 is 0 Å². The number of rotatable bonds is 17. The van der Waals surface area contributed by atoms with Crippen LogP contribution in [0.3, 0.4) is 0 Å². The fourth-order valence-corrected chi connectivity index (χ4v) is 17.0. The van der Waals surface area contributed by atoms with Crippen molar-refractivity contribution in [3.05, 3.63) is 194 Å². The highest BCUT2D eigenvalue weighted by Gasteiger charge is 2.49. The molecule has 19 heteroatoms. The Balaban J connectivity index is 0.000000168. The molecule has 3 fully saturated rings. The van der Waals surface area contributed by atoms with Crippen LogP contribution < -0.4 is 35.3 Å². The van der Waals surface area contributed by atoms with Crippen LogP contribution in [0.5, 0.6) is 23.0 Å². The molecule has 3 saturated carbocycles. The van der Waals surface area contributed by atoms with Gasteiger partial charge in [0, 0.05) is 72.7 Å². The molecule has 0 radical (unpaired) electrons. The van der Waals surface area contributed by atoms with Gasteiger partial charge in [-0.15, -0.1) is 0 Å². The van der Waals surface area contributed by atoms with Crippen LogP contribution in [-0.4, -0.2) is 89.6 Å². The summed E-state index contributed by atoms with van der Waals surface area (Å²) >= 11 is 0. The van der Waals surface area contributed by atoms with E-state index in [4.69, 9.17) is 34.2 Å². The van der Waals surface area contributed by atoms with E-state index in [2.05, 4.69) is 63.5 Å².